The van der Waals surface area contributed by atoms with Crippen LogP contribution in [-0.4, -0.2) is 77.7 Å². The Morgan fingerprint density at radius 1 is 1.19 bits per heavy atom. The number of allylic oxidation sites excluding steroid dienone is 1. The van der Waals surface area contributed by atoms with Gasteiger partial charge in [0.05, 0.1) is 19.8 Å². The van der Waals surface area contributed by atoms with Crippen molar-refractivity contribution < 1.29 is 33.7 Å². The molecule has 11 nitrogen and oxygen atoms in total. The first-order chi connectivity index (χ1) is 20.1. The Labute approximate surface area is 246 Å². The molecule has 0 saturated carbocycles. The van der Waals surface area contributed by atoms with Crippen molar-refractivity contribution >= 4 is 35.3 Å². The maximum Gasteiger partial charge on any atom is 0.250 e. The number of carbonyl (C=O) groups excluding carboxylic acids is 3. The summed E-state index contributed by atoms with van der Waals surface area (Å²) in [5, 5.41) is 11.4. The highest BCUT2D eigenvalue weighted by molar-refractivity contribution is 6.35. The normalized spacial score (nSPS) is 26.4. The largest absolute Gasteiger partial charge is 0.507 e. The molecule has 4 heterocycles. The molecule has 2 aromatic rings. The number of aromatic nitrogens is 1. The molecule has 4 atom stereocenters. The van der Waals surface area contributed by atoms with E-state index in [1.165, 1.54) is 20.3 Å². The Kier molecular flexibility index (Phi) is 6.87. The lowest BCUT2D eigenvalue weighted by atomic mass is 9.73. The summed E-state index contributed by atoms with van der Waals surface area (Å²) in [6.45, 7) is 2.91. The smallest absolute Gasteiger partial charge is 0.250 e. The Bertz CT molecular complexity index is 1650. The molecule has 1 spiro atoms. The SMILES string of the molecule is COc1cc(OC)c2c(c1Cl)O[C@]1(C2=O)C(O)=C(C=NCC(=O)N2CC3CC(C2)c2cccc(=O)n2C3)C(=O)C[C@H]1C. The number of ketones is 2. The summed E-state index contributed by atoms with van der Waals surface area (Å²) >= 11 is 6.47. The summed E-state index contributed by atoms with van der Waals surface area (Å²) in [6.07, 6.45) is 1.94. The number of hydrogen-bond donors (Lipinski definition) is 1. The van der Waals surface area contributed by atoms with Crippen molar-refractivity contribution in [2.75, 3.05) is 33.9 Å². The van der Waals surface area contributed by atoms with Crippen molar-refractivity contribution in [2.24, 2.45) is 16.8 Å². The molecule has 2 bridgehead atoms. The van der Waals surface area contributed by atoms with E-state index in [1.807, 2.05) is 6.07 Å². The van der Waals surface area contributed by atoms with Gasteiger partial charge in [-0.3, -0.25) is 24.2 Å². The first-order valence-electron chi connectivity index (χ1n) is 13.7. The number of nitrogens with zero attached hydrogens (tertiary/aromatic N) is 3. The summed E-state index contributed by atoms with van der Waals surface area (Å²) in [4.78, 5) is 58.2. The first-order valence-corrected chi connectivity index (χ1v) is 14.1. The van der Waals surface area contributed by atoms with Crippen molar-refractivity contribution in [2.45, 2.75) is 37.8 Å². The zero-order valence-corrected chi connectivity index (χ0v) is 24.1. The molecule has 220 valence electrons. The van der Waals surface area contributed by atoms with E-state index in [9.17, 15) is 24.3 Å². The van der Waals surface area contributed by atoms with Crippen LogP contribution in [-0.2, 0) is 16.1 Å². The molecular weight excluding hydrogens is 566 g/mol. The summed E-state index contributed by atoms with van der Waals surface area (Å²) in [6, 6.07) is 6.68. The van der Waals surface area contributed by atoms with Gasteiger partial charge in [0.25, 0.3) is 5.56 Å². The van der Waals surface area contributed by atoms with Crippen LogP contribution in [0.3, 0.4) is 0 Å². The molecule has 1 aliphatic carbocycles. The number of amides is 1. The number of carbonyl (C=O) groups is 3. The predicted molar refractivity (Wildman–Crippen MR) is 152 cm³/mol. The molecule has 6 rings (SSSR count). The highest BCUT2D eigenvalue weighted by Crippen LogP contribution is 2.54. The van der Waals surface area contributed by atoms with Crippen LogP contribution >= 0.6 is 11.6 Å². The van der Waals surface area contributed by atoms with E-state index in [1.54, 1.807) is 28.5 Å². The Morgan fingerprint density at radius 2 is 1.95 bits per heavy atom. The molecule has 4 aliphatic rings. The van der Waals surface area contributed by atoms with Crippen LogP contribution in [0.1, 0.15) is 41.7 Å². The first kappa shape index (κ1) is 28.0. The Morgan fingerprint density at radius 3 is 2.69 bits per heavy atom. The molecule has 1 aromatic carbocycles. The van der Waals surface area contributed by atoms with Gasteiger partial charge >= 0.3 is 0 Å². The number of aliphatic hydroxyl groups excluding tert-OH is 1. The lowest BCUT2D eigenvalue weighted by molar-refractivity contribution is -0.132. The highest BCUT2D eigenvalue weighted by Gasteiger charge is 2.60. The number of rotatable bonds is 5. The molecule has 42 heavy (non-hydrogen) atoms. The van der Waals surface area contributed by atoms with E-state index in [-0.39, 0.29) is 69.7 Å². The number of methoxy groups -OCH3 is 2. The van der Waals surface area contributed by atoms with Gasteiger partial charge in [-0.2, -0.15) is 0 Å². The van der Waals surface area contributed by atoms with Crippen LogP contribution in [0.5, 0.6) is 17.2 Å². The van der Waals surface area contributed by atoms with Crippen molar-refractivity contribution in [3.8, 4) is 17.2 Å². The molecule has 1 N–H and O–H groups in total. The highest BCUT2D eigenvalue weighted by atomic mass is 35.5. The minimum absolute atomic E-state index is 0.00318. The molecule has 0 radical (unpaired) electrons. The summed E-state index contributed by atoms with van der Waals surface area (Å²) in [7, 11) is 2.79. The quantitative estimate of drug-likeness (QED) is 0.521. The van der Waals surface area contributed by atoms with Gasteiger partial charge in [0.1, 0.15) is 28.6 Å². The number of fused-ring (bicyclic) bond motifs is 5. The number of halogens is 1. The minimum Gasteiger partial charge on any atom is -0.507 e. The van der Waals surface area contributed by atoms with Gasteiger partial charge in [0, 0.05) is 61.9 Å². The van der Waals surface area contributed by atoms with Crippen LogP contribution in [0, 0.1) is 11.8 Å². The van der Waals surface area contributed by atoms with E-state index in [2.05, 4.69) is 4.99 Å². The van der Waals surface area contributed by atoms with E-state index in [0.29, 0.717) is 19.6 Å². The lowest BCUT2D eigenvalue weighted by Crippen LogP contribution is -2.52. The number of benzene rings is 1. The lowest BCUT2D eigenvalue weighted by Gasteiger charge is -2.42. The van der Waals surface area contributed by atoms with Crippen LogP contribution < -0.4 is 19.8 Å². The molecule has 1 aromatic heterocycles. The molecule has 1 fully saturated rings. The van der Waals surface area contributed by atoms with Gasteiger partial charge in [-0.05, 0) is 18.4 Å². The van der Waals surface area contributed by atoms with E-state index < -0.39 is 28.8 Å². The number of piperidine rings is 1. The molecule has 2 unspecified atom stereocenters. The predicted octanol–water partition coefficient (Wildman–Crippen LogP) is 2.97. The van der Waals surface area contributed by atoms with Crippen LogP contribution in [0.2, 0.25) is 5.02 Å². The molecular formula is C30H30ClN3O8. The Balaban J connectivity index is 1.25. The second-order valence-corrected chi connectivity index (χ2v) is 11.6. The molecule has 1 saturated heterocycles. The molecule has 3 aliphatic heterocycles. The van der Waals surface area contributed by atoms with Crippen molar-refractivity contribution in [1.82, 2.24) is 9.47 Å². The number of pyridine rings is 1. The summed E-state index contributed by atoms with van der Waals surface area (Å²) < 4.78 is 18.6. The van der Waals surface area contributed by atoms with Crippen LogP contribution in [0.25, 0.3) is 0 Å². The monoisotopic (exact) mass is 595 g/mol. The van der Waals surface area contributed by atoms with Crippen molar-refractivity contribution in [3.05, 3.63) is 62.2 Å². The minimum atomic E-state index is -1.92. The van der Waals surface area contributed by atoms with Crippen LogP contribution in [0.15, 0.2) is 45.4 Å². The summed E-state index contributed by atoms with van der Waals surface area (Å²) in [5.74, 6) is -2.00. The second-order valence-electron chi connectivity index (χ2n) is 11.2. The van der Waals surface area contributed by atoms with Gasteiger partial charge in [-0.1, -0.05) is 24.6 Å². The standard InChI is InChI=1S/C30H30ClN3O8/c1-15-7-20(35)18(28(38)30(15)29(39)25-21(40-2)9-22(41-3)26(31)27(25)42-30)10-32-11-24(37)33-12-16-8-17(14-33)19-5-4-6-23(36)34(19)13-16/h4-6,9-10,15-17,38H,7-8,11-14H2,1-3H3/t15-,16?,17?,30+/m1/s1. The third-order valence-corrected chi connectivity index (χ3v) is 9.15. The zero-order chi connectivity index (χ0) is 29.9. The second kappa shape index (κ2) is 10.3. The van der Waals surface area contributed by atoms with E-state index in [4.69, 9.17) is 25.8 Å². The van der Waals surface area contributed by atoms with Gasteiger partial charge in [0.2, 0.25) is 17.3 Å². The fraction of sp³-hybridized carbons (Fsp3) is 0.433. The maximum atomic E-state index is 13.8. The third kappa shape index (κ3) is 4.12. The zero-order valence-electron chi connectivity index (χ0n) is 23.4. The van der Waals surface area contributed by atoms with Gasteiger partial charge < -0.3 is 28.8 Å². The molecule has 1 amide bonds. The maximum absolute atomic E-state index is 13.8. The number of ether oxygens (including phenoxy) is 3. The summed E-state index contributed by atoms with van der Waals surface area (Å²) in [5.41, 5.74) is -1.18. The third-order valence-electron chi connectivity index (χ3n) is 8.79. The number of aliphatic imine (C=N–C) groups is 1. The number of hydrogen-bond acceptors (Lipinski definition) is 9. The van der Waals surface area contributed by atoms with E-state index in [0.717, 1.165) is 18.3 Å². The average molecular weight is 596 g/mol. The van der Waals surface area contributed by atoms with Crippen molar-refractivity contribution in [3.63, 3.8) is 0 Å². The molecule has 12 heteroatoms. The van der Waals surface area contributed by atoms with Gasteiger partial charge in [-0.25, -0.2) is 0 Å². The average Bonchev–Trinajstić information content (AvgIpc) is 3.29. The fourth-order valence-corrected chi connectivity index (χ4v) is 6.99. The van der Waals surface area contributed by atoms with E-state index >= 15 is 0 Å². The number of aliphatic hydroxyl groups is 1. The number of Topliss-reactive ketones (excluding diaryl/α,β-unsaturated/α-hetero) is 2. The fourth-order valence-electron chi connectivity index (χ4n) is 6.73. The van der Waals surface area contributed by atoms with Gasteiger partial charge in [0.15, 0.2) is 17.3 Å². The van der Waals surface area contributed by atoms with Gasteiger partial charge in [-0.15, -0.1) is 0 Å². The topological polar surface area (TPSA) is 137 Å². The Hall–Kier alpha value is -4.12. The van der Waals surface area contributed by atoms with Crippen LogP contribution in [0.4, 0.5) is 0 Å². The van der Waals surface area contributed by atoms with Crippen molar-refractivity contribution in [1.29, 1.82) is 0 Å². The number of likely N-dealkylation sites (tertiary alicyclic amines) is 1.